The highest BCUT2D eigenvalue weighted by Gasteiger charge is 2.62. The first-order valence-electron chi connectivity index (χ1n) is 9.17. The van der Waals surface area contributed by atoms with Crippen LogP contribution in [0.15, 0.2) is 24.3 Å². The number of hydrazine groups is 1. The first kappa shape index (κ1) is 17.0. The van der Waals surface area contributed by atoms with Crippen LogP contribution in [0.25, 0.3) is 0 Å². The summed E-state index contributed by atoms with van der Waals surface area (Å²) in [5.74, 6) is -1.42. The van der Waals surface area contributed by atoms with Gasteiger partial charge in [-0.2, -0.15) is 5.01 Å². The second-order valence-electron chi connectivity index (χ2n) is 7.02. The van der Waals surface area contributed by atoms with E-state index in [0.717, 1.165) is 30.7 Å². The zero-order valence-electron chi connectivity index (χ0n) is 14.6. The lowest BCUT2D eigenvalue weighted by atomic mass is 9.81. The van der Waals surface area contributed by atoms with Crippen molar-refractivity contribution in [2.45, 2.75) is 44.8 Å². The Morgan fingerprint density at radius 1 is 1.15 bits per heavy atom. The number of hydrogen-bond acceptors (Lipinski definition) is 5. The Morgan fingerprint density at radius 2 is 1.77 bits per heavy atom. The van der Waals surface area contributed by atoms with Gasteiger partial charge in [0.25, 0.3) is 17.7 Å². The number of nitrogens with one attached hydrogen (secondary N) is 1. The Bertz CT molecular complexity index is 704. The molecule has 3 heterocycles. The van der Waals surface area contributed by atoms with Gasteiger partial charge in [0.15, 0.2) is 0 Å². The van der Waals surface area contributed by atoms with Crippen molar-refractivity contribution in [3.63, 3.8) is 0 Å². The molecule has 0 radical (unpaired) electrons. The molecule has 3 aliphatic rings. The van der Waals surface area contributed by atoms with E-state index < -0.39 is 17.7 Å². The molecule has 0 aliphatic carbocycles. The number of amides is 3. The average Bonchev–Trinajstić information content (AvgIpc) is 3.32. The van der Waals surface area contributed by atoms with Crippen LogP contribution in [0, 0.1) is 11.8 Å². The third-order valence-electron chi connectivity index (χ3n) is 5.38. The zero-order chi connectivity index (χ0) is 18.3. The van der Waals surface area contributed by atoms with E-state index in [-0.39, 0.29) is 24.0 Å². The van der Waals surface area contributed by atoms with Crippen LogP contribution >= 0.6 is 0 Å². The van der Waals surface area contributed by atoms with Gasteiger partial charge in [-0.15, -0.1) is 0 Å². The molecule has 4 rings (SSSR count). The highest BCUT2D eigenvalue weighted by Crippen LogP contribution is 2.48. The summed E-state index contributed by atoms with van der Waals surface area (Å²) in [4.78, 5) is 37.5. The Hall–Kier alpha value is -2.41. The van der Waals surface area contributed by atoms with Gasteiger partial charge in [0.2, 0.25) is 0 Å². The van der Waals surface area contributed by atoms with Crippen molar-refractivity contribution in [1.82, 2.24) is 10.4 Å². The number of unbranched alkanes of at least 4 members (excludes halogenated alkanes) is 1. The van der Waals surface area contributed by atoms with Crippen molar-refractivity contribution in [3.05, 3.63) is 29.8 Å². The SMILES string of the molecule is CCCCOc1ccc(C(=O)NN2C(=O)[C@@H]3[C@@H](C2=O)[C@H]2CC[C@H]3O2)cc1. The Labute approximate surface area is 151 Å². The Balaban J connectivity index is 1.40. The summed E-state index contributed by atoms with van der Waals surface area (Å²) in [5, 5.41) is 0.886. The third-order valence-corrected chi connectivity index (χ3v) is 5.38. The van der Waals surface area contributed by atoms with Crippen LogP contribution < -0.4 is 10.2 Å². The molecule has 2 bridgehead atoms. The number of imide groups is 1. The quantitative estimate of drug-likeness (QED) is 0.618. The largest absolute Gasteiger partial charge is 0.494 e. The summed E-state index contributed by atoms with van der Waals surface area (Å²) in [6.07, 6.45) is 3.23. The molecule has 3 aliphatic heterocycles. The van der Waals surface area contributed by atoms with Gasteiger partial charge >= 0.3 is 0 Å². The normalized spacial score (nSPS) is 29.2. The topological polar surface area (TPSA) is 84.9 Å². The van der Waals surface area contributed by atoms with E-state index in [1.54, 1.807) is 24.3 Å². The van der Waals surface area contributed by atoms with Crippen LogP contribution in [0.1, 0.15) is 43.0 Å². The monoisotopic (exact) mass is 358 g/mol. The first-order valence-corrected chi connectivity index (χ1v) is 9.17. The van der Waals surface area contributed by atoms with Crippen LogP contribution in [-0.2, 0) is 14.3 Å². The Kier molecular flexibility index (Phi) is 4.40. The third kappa shape index (κ3) is 2.76. The molecule has 0 unspecified atom stereocenters. The van der Waals surface area contributed by atoms with Crippen molar-refractivity contribution < 1.29 is 23.9 Å². The minimum Gasteiger partial charge on any atom is -0.494 e. The molecular weight excluding hydrogens is 336 g/mol. The number of rotatable bonds is 6. The van der Waals surface area contributed by atoms with E-state index in [0.29, 0.717) is 17.9 Å². The van der Waals surface area contributed by atoms with Crippen LogP contribution in [0.5, 0.6) is 5.75 Å². The smallest absolute Gasteiger partial charge is 0.270 e. The number of carbonyl (C=O) groups is 3. The van der Waals surface area contributed by atoms with Crippen LogP contribution in [0.3, 0.4) is 0 Å². The summed E-state index contributed by atoms with van der Waals surface area (Å²) in [6, 6.07) is 6.66. The molecule has 4 atom stereocenters. The van der Waals surface area contributed by atoms with Crippen molar-refractivity contribution in [1.29, 1.82) is 0 Å². The molecule has 0 aromatic heterocycles. The molecule has 0 saturated carbocycles. The first-order chi connectivity index (χ1) is 12.6. The van der Waals surface area contributed by atoms with Gasteiger partial charge in [0.1, 0.15) is 5.75 Å². The van der Waals surface area contributed by atoms with Crippen LogP contribution in [0.4, 0.5) is 0 Å². The van der Waals surface area contributed by atoms with Gasteiger partial charge < -0.3 is 9.47 Å². The summed E-state index contributed by atoms with van der Waals surface area (Å²) in [6.45, 7) is 2.72. The molecule has 3 amide bonds. The predicted molar refractivity (Wildman–Crippen MR) is 91.0 cm³/mol. The molecule has 7 nitrogen and oxygen atoms in total. The number of ether oxygens (including phenoxy) is 2. The van der Waals surface area contributed by atoms with E-state index in [4.69, 9.17) is 9.47 Å². The van der Waals surface area contributed by atoms with Crippen molar-refractivity contribution in [3.8, 4) is 5.75 Å². The number of carbonyl (C=O) groups excluding carboxylic acids is 3. The van der Waals surface area contributed by atoms with Gasteiger partial charge in [0.05, 0.1) is 30.7 Å². The molecule has 0 spiro atoms. The average molecular weight is 358 g/mol. The van der Waals surface area contributed by atoms with E-state index in [2.05, 4.69) is 12.3 Å². The van der Waals surface area contributed by atoms with Crippen LogP contribution in [0.2, 0.25) is 0 Å². The second-order valence-corrected chi connectivity index (χ2v) is 7.02. The highest BCUT2D eigenvalue weighted by atomic mass is 16.5. The molecule has 1 N–H and O–H groups in total. The molecular formula is C19H22N2O5. The van der Waals surface area contributed by atoms with Crippen molar-refractivity contribution in [2.75, 3.05) is 6.61 Å². The maximum Gasteiger partial charge on any atom is 0.270 e. The molecule has 26 heavy (non-hydrogen) atoms. The zero-order valence-corrected chi connectivity index (χ0v) is 14.6. The van der Waals surface area contributed by atoms with E-state index in [9.17, 15) is 14.4 Å². The van der Waals surface area contributed by atoms with Crippen molar-refractivity contribution >= 4 is 17.7 Å². The standard InChI is InChI=1S/C19H22N2O5/c1-2-3-10-25-12-6-4-11(5-7-12)17(22)20-21-18(23)15-13-8-9-14(26-13)16(15)19(21)24/h4-7,13-16H,2-3,8-10H2,1H3,(H,20,22)/t13-,14-,15+,16+/m1/s1. The number of fused-ring (bicyclic) bond motifs is 5. The molecule has 138 valence electrons. The van der Waals surface area contributed by atoms with Gasteiger partial charge in [0, 0.05) is 5.56 Å². The van der Waals surface area contributed by atoms with E-state index in [1.807, 2.05) is 0 Å². The summed E-state index contributed by atoms with van der Waals surface area (Å²) >= 11 is 0. The molecule has 3 saturated heterocycles. The molecule has 3 fully saturated rings. The number of benzene rings is 1. The lowest BCUT2D eigenvalue weighted by Gasteiger charge is -2.18. The fourth-order valence-corrected chi connectivity index (χ4v) is 4.03. The fourth-order valence-electron chi connectivity index (χ4n) is 4.03. The maximum absolute atomic E-state index is 12.5. The van der Waals surface area contributed by atoms with Gasteiger partial charge in [-0.05, 0) is 43.5 Å². The number of hydrogen-bond donors (Lipinski definition) is 1. The Morgan fingerprint density at radius 3 is 2.35 bits per heavy atom. The molecule has 1 aromatic rings. The van der Waals surface area contributed by atoms with Crippen LogP contribution in [-0.4, -0.2) is 41.5 Å². The highest BCUT2D eigenvalue weighted by molar-refractivity contribution is 6.08. The summed E-state index contributed by atoms with van der Waals surface area (Å²) < 4.78 is 11.2. The molecule has 1 aromatic carbocycles. The summed E-state index contributed by atoms with van der Waals surface area (Å²) in [5.41, 5.74) is 2.83. The number of nitrogens with zero attached hydrogens (tertiary/aromatic N) is 1. The van der Waals surface area contributed by atoms with E-state index in [1.165, 1.54) is 0 Å². The lowest BCUT2D eigenvalue weighted by molar-refractivity contribution is -0.145. The van der Waals surface area contributed by atoms with Crippen molar-refractivity contribution in [2.24, 2.45) is 11.8 Å². The second kappa shape index (κ2) is 6.72. The van der Waals surface area contributed by atoms with Gasteiger partial charge in [-0.3, -0.25) is 19.8 Å². The molecule has 7 heteroatoms. The maximum atomic E-state index is 12.5. The minimum absolute atomic E-state index is 0.192. The van der Waals surface area contributed by atoms with Gasteiger partial charge in [-0.25, -0.2) is 0 Å². The van der Waals surface area contributed by atoms with E-state index >= 15 is 0 Å². The predicted octanol–water partition coefficient (Wildman–Crippen LogP) is 1.67. The summed E-state index contributed by atoms with van der Waals surface area (Å²) in [7, 11) is 0. The lowest BCUT2D eigenvalue weighted by Crippen LogP contribution is -2.47. The van der Waals surface area contributed by atoms with Gasteiger partial charge in [-0.1, -0.05) is 13.3 Å². The minimum atomic E-state index is -0.486. The fraction of sp³-hybridized carbons (Fsp3) is 0.526.